The molecule has 1 saturated heterocycles. The van der Waals surface area contributed by atoms with E-state index in [1.807, 2.05) is 0 Å². The van der Waals surface area contributed by atoms with Crippen LogP contribution in [0.3, 0.4) is 0 Å². The van der Waals surface area contributed by atoms with Crippen LogP contribution in [0.15, 0.2) is 0 Å². The second-order valence-electron chi connectivity index (χ2n) is 7.06. The molecule has 0 spiro atoms. The molecule has 2 heteroatoms. The minimum absolute atomic E-state index is 0.0840. The van der Waals surface area contributed by atoms with Gasteiger partial charge in [0.2, 0.25) is 0 Å². The van der Waals surface area contributed by atoms with Crippen LogP contribution in [0.25, 0.3) is 0 Å². The SMILES string of the molecule is CCCCCCCCC#CCCCCCCCOC1CCCCO1. The zero-order valence-electron chi connectivity index (χ0n) is 16.1. The maximum atomic E-state index is 5.75. The summed E-state index contributed by atoms with van der Waals surface area (Å²) in [5.74, 6) is 6.68. The van der Waals surface area contributed by atoms with E-state index >= 15 is 0 Å². The molecule has 0 aliphatic carbocycles. The van der Waals surface area contributed by atoms with E-state index in [1.54, 1.807) is 0 Å². The molecule has 1 aliphatic rings. The van der Waals surface area contributed by atoms with Crippen LogP contribution in [0.2, 0.25) is 0 Å². The summed E-state index contributed by atoms with van der Waals surface area (Å²) in [7, 11) is 0. The van der Waals surface area contributed by atoms with Crippen LogP contribution in [-0.2, 0) is 9.47 Å². The standard InChI is InChI=1S/C22H40O2/c1-2-3-4-5-6-7-8-9-10-11-12-13-14-15-17-20-23-22-19-16-18-21-24-22/h22H,2-8,11-21H2,1H3. The molecule has 0 saturated carbocycles. The van der Waals surface area contributed by atoms with Crippen LogP contribution in [-0.4, -0.2) is 19.5 Å². The molecule has 1 rings (SSSR count). The summed E-state index contributed by atoms with van der Waals surface area (Å²) in [6.45, 7) is 4.01. The first-order valence-corrected chi connectivity index (χ1v) is 10.6. The first kappa shape index (κ1) is 21.5. The molecule has 1 atom stereocenters. The van der Waals surface area contributed by atoms with Gasteiger partial charge in [-0.05, 0) is 38.5 Å². The Bertz CT molecular complexity index is 310. The summed E-state index contributed by atoms with van der Waals surface area (Å²) >= 11 is 0. The van der Waals surface area contributed by atoms with Gasteiger partial charge in [-0.2, -0.15) is 0 Å². The monoisotopic (exact) mass is 336 g/mol. The highest BCUT2D eigenvalue weighted by Gasteiger charge is 2.13. The third-order valence-corrected chi connectivity index (χ3v) is 4.67. The highest BCUT2D eigenvalue weighted by Crippen LogP contribution is 2.14. The Kier molecular flexibility index (Phi) is 15.5. The smallest absolute Gasteiger partial charge is 0.157 e. The van der Waals surface area contributed by atoms with Gasteiger partial charge in [-0.25, -0.2) is 0 Å². The molecule has 1 heterocycles. The highest BCUT2D eigenvalue weighted by atomic mass is 16.7. The van der Waals surface area contributed by atoms with Gasteiger partial charge in [0, 0.05) is 26.1 Å². The van der Waals surface area contributed by atoms with Crippen LogP contribution in [0, 0.1) is 11.8 Å². The van der Waals surface area contributed by atoms with E-state index in [1.165, 1.54) is 83.5 Å². The van der Waals surface area contributed by atoms with Crippen molar-refractivity contribution in [2.24, 2.45) is 0 Å². The van der Waals surface area contributed by atoms with Crippen molar-refractivity contribution in [2.45, 2.75) is 116 Å². The Hall–Kier alpha value is -0.520. The van der Waals surface area contributed by atoms with Crippen LogP contribution < -0.4 is 0 Å². The first-order chi connectivity index (χ1) is 11.9. The molecule has 0 aromatic heterocycles. The lowest BCUT2D eigenvalue weighted by molar-refractivity contribution is -0.162. The number of rotatable bonds is 14. The van der Waals surface area contributed by atoms with Gasteiger partial charge in [0.05, 0.1) is 0 Å². The molecule has 0 aromatic rings. The van der Waals surface area contributed by atoms with E-state index in [-0.39, 0.29) is 6.29 Å². The summed E-state index contributed by atoms with van der Waals surface area (Å²) in [5.41, 5.74) is 0. The van der Waals surface area contributed by atoms with Crippen molar-refractivity contribution in [3.05, 3.63) is 0 Å². The first-order valence-electron chi connectivity index (χ1n) is 10.6. The molecule has 0 bridgehead atoms. The van der Waals surface area contributed by atoms with Crippen LogP contribution >= 0.6 is 0 Å². The second-order valence-corrected chi connectivity index (χ2v) is 7.06. The third-order valence-electron chi connectivity index (χ3n) is 4.67. The molecular formula is C22H40O2. The largest absolute Gasteiger partial charge is 0.353 e. The summed E-state index contributed by atoms with van der Waals surface area (Å²) in [6, 6.07) is 0. The Morgan fingerprint density at radius 2 is 1.42 bits per heavy atom. The van der Waals surface area contributed by atoms with Gasteiger partial charge < -0.3 is 9.47 Å². The fourth-order valence-corrected chi connectivity index (χ4v) is 3.07. The van der Waals surface area contributed by atoms with Crippen molar-refractivity contribution in [3.8, 4) is 11.8 Å². The minimum Gasteiger partial charge on any atom is -0.353 e. The van der Waals surface area contributed by atoms with Gasteiger partial charge in [-0.15, -0.1) is 11.8 Å². The van der Waals surface area contributed by atoms with Gasteiger partial charge in [0.15, 0.2) is 6.29 Å². The third kappa shape index (κ3) is 13.9. The van der Waals surface area contributed by atoms with Crippen molar-refractivity contribution >= 4 is 0 Å². The molecule has 24 heavy (non-hydrogen) atoms. The topological polar surface area (TPSA) is 18.5 Å². The number of unbranched alkanes of at least 4 members (excludes halogenated alkanes) is 11. The fraction of sp³-hybridized carbons (Fsp3) is 0.909. The molecule has 1 aliphatic heterocycles. The lowest BCUT2D eigenvalue weighted by atomic mass is 10.1. The quantitative estimate of drug-likeness (QED) is 0.262. The molecule has 0 N–H and O–H groups in total. The van der Waals surface area contributed by atoms with Gasteiger partial charge in [-0.3, -0.25) is 0 Å². The summed E-state index contributed by atoms with van der Waals surface area (Å²) < 4.78 is 11.3. The van der Waals surface area contributed by atoms with E-state index < -0.39 is 0 Å². The maximum absolute atomic E-state index is 5.75. The molecule has 0 amide bonds. The van der Waals surface area contributed by atoms with Crippen molar-refractivity contribution in [3.63, 3.8) is 0 Å². The molecule has 1 fully saturated rings. The summed E-state index contributed by atoms with van der Waals surface area (Å²) in [5, 5.41) is 0. The van der Waals surface area contributed by atoms with E-state index in [0.29, 0.717) is 0 Å². The van der Waals surface area contributed by atoms with Crippen molar-refractivity contribution in [1.82, 2.24) is 0 Å². The molecule has 1 unspecified atom stereocenters. The molecule has 2 nitrogen and oxygen atoms in total. The van der Waals surface area contributed by atoms with E-state index in [2.05, 4.69) is 18.8 Å². The van der Waals surface area contributed by atoms with E-state index in [9.17, 15) is 0 Å². The number of hydrogen-bond acceptors (Lipinski definition) is 2. The summed E-state index contributed by atoms with van der Waals surface area (Å²) in [6.07, 6.45) is 20.3. The van der Waals surface area contributed by atoms with Crippen LogP contribution in [0.1, 0.15) is 110 Å². The normalized spacial score (nSPS) is 17.5. The number of ether oxygens (including phenoxy) is 2. The number of hydrogen-bond donors (Lipinski definition) is 0. The summed E-state index contributed by atoms with van der Waals surface area (Å²) in [4.78, 5) is 0. The Labute approximate surface area is 151 Å². The predicted octanol–water partition coefficient (Wildman–Crippen LogP) is 6.62. The minimum atomic E-state index is 0.0840. The van der Waals surface area contributed by atoms with Crippen molar-refractivity contribution in [1.29, 1.82) is 0 Å². The Morgan fingerprint density at radius 3 is 2.04 bits per heavy atom. The van der Waals surface area contributed by atoms with Gasteiger partial charge in [0.1, 0.15) is 0 Å². The lowest BCUT2D eigenvalue weighted by Crippen LogP contribution is -2.22. The van der Waals surface area contributed by atoms with Crippen LogP contribution in [0.5, 0.6) is 0 Å². The van der Waals surface area contributed by atoms with Gasteiger partial charge in [-0.1, -0.05) is 58.3 Å². The Balaban J connectivity index is 1.73. The zero-order valence-corrected chi connectivity index (χ0v) is 16.1. The van der Waals surface area contributed by atoms with Crippen molar-refractivity contribution < 1.29 is 9.47 Å². The van der Waals surface area contributed by atoms with Crippen molar-refractivity contribution in [2.75, 3.05) is 13.2 Å². The van der Waals surface area contributed by atoms with Gasteiger partial charge >= 0.3 is 0 Å². The lowest BCUT2D eigenvalue weighted by Gasteiger charge is -2.22. The molecule has 140 valence electrons. The molecule has 0 radical (unpaired) electrons. The zero-order chi connectivity index (χ0) is 17.1. The Morgan fingerprint density at radius 1 is 0.792 bits per heavy atom. The van der Waals surface area contributed by atoms with E-state index in [4.69, 9.17) is 9.47 Å². The highest BCUT2D eigenvalue weighted by molar-refractivity contribution is 4.98. The molecule has 0 aromatic carbocycles. The average Bonchev–Trinajstić information content (AvgIpc) is 2.62. The maximum Gasteiger partial charge on any atom is 0.157 e. The van der Waals surface area contributed by atoms with E-state index in [0.717, 1.165) is 32.5 Å². The molecular weight excluding hydrogens is 296 g/mol. The predicted molar refractivity (Wildman–Crippen MR) is 103 cm³/mol. The second kappa shape index (κ2) is 17.3. The van der Waals surface area contributed by atoms with Gasteiger partial charge in [0.25, 0.3) is 0 Å². The van der Waals surface area contributed by atoms with Crippen LogP contribution in [0.4, 0.5) is 0 Å². The average molecular weight is 337 g/mol. The fourth-order valence-electron chi connectivity index (χ4n) is 3.07.